The van der Waals surface area contributed by atoms with Crippen molar-refractivity contribution in [1.29, 1.82) is 0 Å². The topological polar surface area (TPSA) is 75.7 Å². The first-order valence-corrected chi connectivity index (χ1v) is 9.96. The molecule has 0 saturated carbocycles. The van der Waals surface area contributed by atoms with E-state index in [4.69, 9.17) is 4.74 Å². The van der Waals surface area contributed by atoms with Gasteiger partial charge in [0.2, 0.25) is 0 Å². The first kappa shape index (κ1) is 18.3. The van der Waals surface area contributed by atoms with Crippen molar-refractivity contribution >= 4 is 21.6 Å². The van der Waals surface area contributed by atoms with Crippen LogP contribution in [0.5, 0.6) is 5.75 Å². The Bertz CT molecular complexity index is 919. The molecule has 1 aliphatic heterocycles. The summed E-state index contributed by atoms with van der Waals surface area (Å²) in [7, 11) is -2.34. The lowest BCUT2D eigenvalue weighted by Crippen LogP contribution is -2.28. The van der Waals surface area contributed by atoms with Crippen molar-refractivity contribution in [2.24, 2.45) is 0 Å². The second-order valence-electron chi connectivity index (χ2n) is 6.34. The van der Waals surface area contributed by atoms with Crippen molar-refractivity contribution in [2.75, 3.05) is 24.9 Å². The highest BCUT2D eigenvalue weighted by Crippen LogP contribution is 2.26. The molecule has 3 rings (SSSR count). The summed E-state index contributed by atoms with van der Waals surface area (Å²) in [6.07, 6.45) is 1.92. The van der Waals surface area contributed by atoms with Crippen LogP contribution in [0.25, 0.3) is 0 Å². The van der Waals surface area contributed by atoms with Crippen LogP contribution in [0.3, 0.4) is 0 Å². The van der Waals surface area contributed by atoms with Crippen molar-refractivity contribution in [3.63, 3.8) is 0 Å². The van der Waals surface area contributed by atoms with Gasteiger partial charge >= 0.3 is 0 Å². The molecule has 2 aromatic rings. The lowest BCUT2D eigenvalue weighted by molar-refractivity contribution is 0.0789. The minimum atomic E-state index is -3.81. The molecule has 1 heterocycles. The van der Waals surface area contributed by atoms with Crippen LogP contribution in [-0.4, -0.2) is 39.4 Å². The molecule has 1 fully saturated rings. The molecule has 0 aromatic heterocycles. The highest BCUT2D eigenvalue weighted by atomic mass is 32.2. The van der Waals surface area contributed by atoms with Gasteiger partial charge in [-0.05, 0) is 55.7 Å². The summed E-state index contributed by atoms with van der Waals surface area (Å²) in [5.74, 6) is 0.170. The lowest BCUT2D eigenvalue weighted by Gasteiger charge is -2.18. The molecule has 0 atom stereocenters. The van der Waals surface area contributed by atoms with E-state index < -0.39 is 10.0 Å². The number of benzene rings is 2. The molecule has 0 spiro atoms. The van der Waals surface area contributed by atoms with Gasteiger partial charge in [0, 0.05) is 18.8 Å². The second-order valence-corrected chi connectivity index (χ2v) is 8.02. The third-order valence-corrected chi connectivity index (χ3v) is 5.75. The van der Waals surface area contributed by atoms with Gasteiger partial charge in [0.1, 0.15) is 5.75 Å². The van der Waals surface area contributed by atoms with Crippen LogP contribution in [0.1, 0.15) is 28.8 Å². The van der Waals surface area contributed by atoms with E-state index in [2.05, 4.69) is 4.72 Å². The zero-order chi connectivity index (χ0) is 18.7. The molecule has 1 amide bonds. The molecule has 6 nitrogen and oxygen atoms in total. The molecule has 1 aliphatic rings. The van der Waals surface area contributed by atoms with E-state index in [1.54, 1.807) is 23.1 Å². The average molecular weight is 374 g/mol. The Labute approximate surface area is 153 Å². The second kappa shape index (κ2) is 7.37. The van der Waals surface area contributed by atoms with Crippen molar-refractivity contribution < 1.29 is 17.9 Å². The molecular weight excluding hydrogens is 352 g/mol. The van der Waals surface area contributed by atoms with Gasteiger partial charge in [0.25, 0.3) is 15.9 Å². The maximum absolute atomic E-state index is 12.7. The third-order valence-electron chi connectivity index (χ3n) is 4.38. The normalized spacial score (nSPS) is 14.3. The standard InChI is InChI=1S/C19H22N2O4S/c1-14-6-5-7-15(12-14)20-26(23,24)16-8-9-18(25-2)17(13-16)19(22)21-10-3-4-11-21/h5-9,12-13,20H,3-4,10-11H2,1-2H3. The van der Waals surface area contributed by atoms with Gasteiger partial charge < -0.3 is 9.64 Å². The van der Waals surface area contributed by atoms with Gasteiger partial charge in [0.05, 0.1) is 17.6 Å². The number of ether oxygens (including phenoxy) is 1. The fourth-order valence-electron chi connectivity index (χ4n) is 3.03. The summed E-state index contributed by atoms with van der Waals surface area (Å²) in [6.45, 7) is 3.25. The van der Waals surface area contributed by atoms with Crippen LogP contribution < -0.4 is 9.46 Å². The number of methoxy groups -OCH3 is 1. The number of aryl methyl sites for hydroxylation is 1. The number of carbonyl (C=O) groups is 1. The maximum Gasteiger partial charge on any atom is 0.261 e. The van der Waals surface area contributed by atoms with Crippen molar-refractivity contribution in [1.82, 2.24) is 4.90 Å². The van der Waals surface area contributed by atoms with Gasteiger partial charge in [-0.15, -0.1) is 0 Å². The number of amides is 1. The van der Waals surface area contributed by atoms with Gasteiger partial charge in [-0.3, -0.25) is 9.52 Å². The van der Waals surface area contributed by atoms with E-state index in [-0.39, 0.29) is 16.4 Å². The van der Waals surface area contributed by atoms with E-state index in [0.29, 0.717) is 24.5 Å². The Hall–Kier alpha value is -2.54. The van der Waals surface area contributed by atoms with Crippen molar-refractivity contribution in [3.8, 4) is 5.75 Å². The highest BCUT2D eigenvalue weighted by molar-refractivity contribution is 7.92. The third kappa shape index (κ3) is 3.83. The number of anilines is 1. The van der Waals surface area contributed by atoms with Gasteiger partial charge in [-0.25, -0.2) is 8.42 Å². The molecule has 0 radical (unpaired) electrons. The molecule has 2 aromatic carbocycles. The van der Waals surface area contributed by atoms with E-state index >= 15 is 0 Å². The Morgan fingerprint density at radius 2 is 1.85 bits per heavy atom. The van der Waals surface area contributed by atoms with Crippen LogP contribution in [0.15, 0.2) is 47.4 Å². The van der Waals surface area contributed by atoms with Crippen LogP contribution in [0.2, 0.25) is 0 Å². The molecule has 1 N–H and O–H groups in total. The molecule has 0 aliphatic carbocycles. The van der Waals surface area contributed by atoms with E-state index in [1.807, 2.05) is 13.0 Å². The Morgan fingerprint density at radius 3 is 2.50 bits per heavy atom. The molecule has 26 heavy (non-hydrogen) atoms. The molecule has 138 valence electrons. The first-order valence-electron chi connectivity index (χ1n) is 8.47. The number of nitrogens with one attached hydrogen (secondary N) is 1. The number of rotatable bonds is 5. The largest absolute Gasteiger partial charge is 0.496 e. The zero-order valence-corrected chi connectivity index (χ0v) is 15.7. The van der Waals surface area contributed by atoms with E-state index in [0.717, 1.165) is 18.4 Å². The monoisotopic (exact) mass is 374 g/mol. The first-order chi connectivity index (χ1) is 12.4. The number of hydrogen-bond donors (Lipinski definition) is 1. The summed E-state index contributed by atoms with van der Waals surface area (Å²) in [4.78, 5) is 14.5. The molecule has 1 saturated heterocycles. The van der Waals surface area contributed by atoms with Crippen LogP contribution in [-0.2, 0) is 10.0 Å². The lowest BCUT2D eigenvalue weighted by atomic mass is 10.1. The number of likely N-dealkylation sites (tertiary alicyclic amines) is 1. The van der Waals surface area contributed by atoms with E-state index in [9.17, 15) is 13.2 Å². The summed E-state index contributed by atoms with van der Waals surface area (Å²) >= 11 is 0. The van der Waals surface area contributed by atoms with Crippen molar-refractivity contribution in [3.05, 3.63) is 53.6 Å². The predicted molar refractivity (Wildman–Crippen MR) is 100 cm³/mol. The number of hydrogen-bond acceptors (Lipinski definition) is 4. The Kier molecular flexibility index (Phi) is 5.18. The maximum atomic E-state index is 12.7. The smallest absolute Gasteiger partial charge is 0.261 e. The van der Waals surface area contributed by atoms with E-state index in [1.165, 1.54) is 25.3 Å². The summed E-state index contributed by atoms with van der Waals surface area (Å²) in [5, 5.41) is 0. The molecule has 7 heteroatoms. The van der Waals surface area contributed by atoms with Crippen LogP contribution in [0.4, 0.5) is 5.69 Å². The zero-order valence-electron chi connectivity index (χ0n) is 14.9. The highest BCUT2D eigenvalue weighted by Gasteiger charge is 2.25. The minimum absolute atomic E-state index is 0.0300. The van der Waals surface area contributed by atoms with Crippen LogP contribution >= 0.6 is 0 Å². The quantitative estimate of drug-likeness (QED) is 0.873. The Morgan fingerprint density at radius 1 is 1.12 bits per heavy atom. The fraction of sp³-hybridized carbons (Fsp3) is 0.316. The van der Waals surface area contributed by atoms with Gasteiger partial charge in [-0.2, -0.15) is 0 Å². The number of sulfonamides is 1. The fourth-order valence-corrected chi connectivity index (χ4v) is 4.11. The average Bonchev–Trinajstić information content (AvgIpc) is 3.14. The molecule has 0 unspecified atom stereocenters. The SMILES string of the molecule is COc1ccc(S(=O)(=O)Nc2cccc(C)c2)cc1C(=O)N1CCCC1. The number of nitrogens with zero attached hydrogens (tertiary/aromatic N) is 1. The summed E-state index contributed by atoms with van der Waals surface area (Å²) < 4.78 is 33.3. The van der Waals surface area contributed by atoms with Crippen LogP contribution in [0, 0.1) is 6.92 Å². The van der Waals surface area contributed by atoms with Crippen molar-refractivity contribution in [2.45, 2.75) is 24.7 Å². The minimum Gasteiger partial charge on any atom is -0.496 e. The van der Waals surface area contributed by atoms with Gasteiger partial charge in [-0.1, -0.05) is 12.1 Å². The molecule has 0 bridgehead atoms. The molecular formula is C19H22N2O4S. The predicted octanol–water partition coefficient (Wildman–Crippen LogP) is 3.04. The Balaban J connectivity index is 1.94. The van der Waals surface area contributed by atoms with Gasteiger partial charge in [0.15, 0.2) is 0 Å². The summed E-state index contributed by atoms with van der Waals surface area (Å²) in [5.41, 5.74) is 1.69. The number of carbonyl (C=O) groups excluding carboxylic acids is 1. The summed E-state index contributed by atoms with van der Waals surface area (Å²) in [6, 6.07) is 11.5.